The molecule has 1 aromatic carbocycles. The first-order valence-electron chi connectivity index (χ1n) is 11.3. The third-order valence-corrected chi connectivity index (χ3v) is 5.87. The van der Waals surface area contributed by atoms with E-state index < -0.39 is 0 Å². The van der Waals surface area contributed by atoms with Crippen LogP contribution in [0.15, 0.2) is 42.9 Å². The lowest BCUT2D eigenvalue weighted by Crippen LogP contribution is -2.26. The van der Waals surface area contributed by atoms with E-state index in [1.165, 1.54) is 0 Å². The van der Waals surface area contributed by atoms with Gasteiger partial charge in [-0.3, -0.25) is 4.68 Å². The van der Waals surface area contributed by atoms with E-state index in [1.807, 2.05) is 35.1 Å². The van der Waals surface area contributed by atoms with Crippen LogP contribution in [0.3, 0.4) is 0 Å². The Bertz CT molecular complexity index is 1130. The summed E-state index contributed by atoms with van der Waals surface area (Å²) in [6.45, 7) is 3.83. The van der Waals surface area contributed by atoms with Crippen LogP contribution >= 0.6 is 0 Å². The molecule has 170 valence electrons. The molecule has 0 spiro atoms. The van der Waals surface area contributed by atoms with Gasteiger partial charge in [-0.1, -0.05) is 0 Å². The monoisotopic (exact) mass is 446 g/mol. The van der Waals surface area contributed by atoms with Crippen LogP contribution in [-0.4, -0.2) is 52.3 Å². The molecule has 3 aromatic rings. The molecule has 2 aliphatic rings. The molecule has 0 saturated carbocycles. The van der Waals surface area contributed by atoms with Crippen molar-refractivity contribution in [1.82, 2.24) is 19.7 Å². The molecule has 0 amide bonds. The van der Waals surface area contributed by atoms with E-state index in [9.17, 15) is 5.26 Å². The van der Waals surface area contributed by atoms with Crippen LogP contribution < -0.4 is 10.1 Å². The second kappa shape index (κ2) is 9.98. The molecule has 1 unspecified atom stereocenters. The zero-order chi connectivity index (χ0) is 22.5. The summed E-state index contributed by atoms with van der Waals surface area (Å²) in [7, 11) is 0. The molecule has 33 heavy (non-hydrogen) atoms. The molecule has 2 aromatic heterocycles. The van der Waals surface area contributed by atoms with Gasteiger partial charge in [0.05, 0.1) is 43.0 Å². The average Bonchev–Trinajstić information content (AvgIpc) is 3.53. The van der Waals surface area contributed by atoms with Gasteiger partial charge in [0.2, 0.25) is 5.95 Å². The Morgan fingerprint density at radius 2 is 2.03 bits per heavy atom. The maximum Gasteiger partial charge on any atom is 0.227 e. The van der Waals surface area contributed by atoms with Gasteiger partial charge in [0.1, 0.15) is 17.9 Å². The number of hydrogen-bond acceptors (Lipinski definition) is 8. The summed E-state index contributed by atoms with van der Waals surface area (Å²) in [5.74, 6) is 1.57. The normalized spacial score (nSPS) is 18.7. The molecular formula is C24H26N6O3. The summed E-state index contributed by atoms with van der Waals surface area (Å²) in [6.07, 6.45) is 8.22. The molecule has 5 rings (SSSR count). The second-order valence-electron chi connectivity index (χ2n) is 8.32. The van der Waals surface area contributed by atoms with E-state index in [2.05, 4.69) is 26.5 Å². The Kier molecular flexibility index (Phi) is 6.46. The molecule has 4 heterocycles. The van der Waals surface area contributed by atoms with Gasteiger partial charge in [-0.15, -0.1) is 0 Å². The first-order valence-corrected chi connectivity index (χ1v) is 11.3. The van der Waals surface area contributed by atoms with Crippen molar-refractivity contribution in [3.63, 3.8) is 0 Å². The maximum absolute atomic E-state index is 9.66. The van der Waals surface area contributed by atoms with Crippen LogP contribution in [0.2, 0.25) is 0 Å². The van der Waals surface area contributed by atoms with Crippen molar-refractivity contribution in [3.8, 4) is 23.1 Å². The standard InChI is InChI=1S/C24H26N6O3/c25-12-19-11-18(1-2-23(19)33-21-5-9-31-10-6-21)22-3-7-26-24(29-22)28-20-13-27-30(15-20)14-17-4-8-32-16-17/h1-3,7,11,13,15,17,21H,4-6,8-10,14,16H2,(H,26,28,29). The lowest BCUT2D eigenvalue weighted by molar-refractivity contribution is 0.0254. The highest BCUT2D eigenvalue weighted by molar-refractivity contribution is 5.65. The topological polar surface area (TPSA) is 107 Å². The van der Waals surface area contributed by atoms with Crippen molar-refractivity contribution in [1.29, 1.82) is 5.26 Å². The van der Waals surface area contributed by atoms with Crippen LogP contribution in [-0.2, 0) is 16.0 Å². The predicted molar refractivity (Wildman–Crippen MR) is 121 cm³/mol. The molecule has 0 radical (unpaired) electrons. The second-order valence-corrected chi connectivity index (χ2v) is 8.32. The Labute approximate surface area is 192 Å². The first kappa shape index (κ1) is 21.4. The zero-order valence-corrected chi connectivity index (χ0v) is 18.3. The summed E-state index contributed by atoms with van der Waals surface area (Å²) < 4.78 is 18.8. The molecule has 9 heteroatoms. The Morgan fingerprint density at radius 1 is 1.15 bits per heavy atom. The third-order valence-electron chi connectivity index (χ3n) is 5.87. The number of anilines is 2. The lowest BCUT2D eigenvalue weighted by atomic mass is 10.1. The molecule has 9 nitrogen and oxygen atoms in total. The van der Waals surface area contributed by atoms with Crippen LogP contribution in [0.25, 0.3) is 11.3 Å². The Balaban J connectivity index is 1.28. The van der Waals surface area contributed by atoms with Crippen molar-refractivity contribution < 1.29 is 14.2 Å². The highest BCUT2D eigenvalue weighted by Gasteiger charge is 2.18. The largest absolute Gasteiger partial charge is 0.489 e. The van der Waals surface area contributed by atoms with Gasteiger partial charge in [0.15, 0.2) is 0 Å². The highest BCUT2D eigenvalue weighted by atomic mass is 16.5. The first-order chi connectivity index (χ1) is 16.3. The molecule has 0 bridgehead atoms. The summed E-state index contributed by atoms with van der Waals surface area (Å²) in [5, 5.41) is 17.3. The molecule has 2 saturated heterocycles. The summed E-state index contributed by atoms with van der Waals surface area (Å²) in [5.41, 5.74) is 2.86. The molecular weight excluding hydrogens is 420 g/mol. The minimum absolute atomic E-state index is 0.0775. The van der Waals surface area contributed by atoms with E-state index in [-0.39, 0.29) is 6.10 Å². The lowest BCUT2D eigenvalue weighted by Gasteiger charge is -2.23. The van der Waals surface area contributed by atoms with Crippen LogP contribution in [0.1, 0.15) is 24.8 Å². The van der Waals surface area contributed by atoms with E-state index >= 15 is 0 Å². The number of ether oxygens (including phenoxy) is 3. The van der Waals surface area contributed by atoms with Crippen LogP contribution in [0, 0.1) is 17.2 Å². The van der Waals surface area contributed by atoms with Crippen molar-refractivity contribution in [2.24, 2.45) is 5.92 Å². The van der Waals surface area contributed by atoms with Crippen molar-refractivity contribution in [2.45, 2.75) is 31.9 Å². The predicted octanol–water partition coefficient (Wildman–Crippen LogP) is 3.55. The van der Waals surface area contributed by atoms with Gasteiger partial charge >= 0.3 is 0 Å². The van der Waals surface area contributed by atoms with Gasteiger partial charge < -0.3 is 19.5 Å². The Hall–Kier alpha value is -3.48. The smallest absolute Gasteiger partial charge is 0.227 e. The fourth-order valence-corrected chi connectivity index (χ4v) is 4.08. The molecule has 2 aliphatic heterocycles. The van der Waals surface area contributed by atoms with Gasteiger partial charge in [-0.05, 0) is 30.7 Å². The van der Waals surface area contributed by atoms with E-state index in [1.54, 1.807) is 12.4 Å². The summed E-state index contributed by atoms with van der Waals surface area (Å²) >= 11 is 0. The number of nitriles is 1. The van der Waals surface area contributed by atoms with Gasteiger partial charge in [-0.25, -0.2) is 9.97 Å². The summed E-state index contributed by atoms with van der Waals surface area (Å²) in [4.78, 5) is 8.95. The number of rotatable bonds is 7. The number of benzene rings is 1. The fraction of sp³-hybridized carbons (Fsp3) is 0.417. The van der Waals surface area contributed by atoms with Gasteiger partial charge in [0, 0.05) is 49.9 Å². The average molecular weight is 447 g/mol. The molecule has 0 aliphatic carbocycles. The van der Waals surface area contributed by atoms with Crippen molar-refractivity contribution in [3.05, 3.63) is 48.4 Å². The number of aromatic nitrogens is 4. The molecule has 2 fully saturated rings. The minimum atomic E-state index is 0.0775. The van der Waals surface area contributed by atoms with Crippen LogP contribution in [0.5, 0.6) is 5.75 Å². The SMILES string of the molecule is N#Cc1cc(-c2ccnc(Nc3cnn(CC4CCOC4)c3)n2)ccc1OC1CCOCC1. The maximum atomic E-state index is 9.66. The highest BCUT2D eigenvalue weighted by Crippen LogP contribution is 2.28. The van der Waals surface area contributed by atoms with E-state index in [0.29, 0.717) is 36.4 Å². The van der Waals surface area contributed by atoms with Crippen LogP contribution in [0.4, 0.5) is 11.6 Å². The Morgan fingerprint density at radius 3 is 2.85 bits per heavy atom. The number of hydrogen-bond donors (Lipinski definition) is 1. The van der Waals surface area contributed by atoms with Crippen molar-refractivity contribution >= 4 is 11.6 Å². The van der Waals surface area contributed by atoms with Crippen molar-refractivity contribution in [2.75, 3.05) is 31.7 Å². The third kappa shape index (κ3) is 5.30. The molecule has 1 N–H and O–H groups in total. The number of nitrogens with one attached hydrogen (secondary N) is 1. The molecule has 1 atom stereocenters. The van der Waals surface area contributed by atoms with Gasteiger partial charge in [0.25, 0.3) is 0 Å². The fourth-order valence-electron chi connectivity index (χ4n) is 4.08. The summed E-state index contributed by atoms with van der Waals surface area (Å²) in [6, 6.07) is 9.64. The van der Waals surface area contributed by atoms with Gasteiger partial charge in [-0.2, -0.15) is 10.4 Å². The number of nitrogens with zero attached hydrogens (tertiary/aromatic N) is 5. The minimum Gasteiger partial charge on any atom is -0.489 e. The quantitative estimate of drug-likeness (QED) is 0.587. The van der Waals surface area contributed by atoms with E-state index in [0.717, 1.165) is 56.0 Å². The van der Waals surface area contributed by atoms with E-state index in [4.69, 9.17) is 14.2 Å². The zero-order valence-electron chi connectivity index (χ0n) is 18.3.